The maximum absolute atomic E-state index is 11.3. The van der Waals surface area contributed by atoms with Crippen LogP contribution in [0.3, 0.4) is 0 Å². The molecule has 4 nitrogen and oxygen atoms in total. The number of aliphatic imine (C=N–C) groups is 1. The predicted molar refractivity (Wildman–Crippen MR) is 56.2 cm³/mol. The molecule has 0 heterocycles. The molecule has 0 aliphatic rings. The van der Waals surface area contributed by atoms with Gasteiger partial charge in [-0.25, -0.2) is 4.99 Å². The number of rotatable bonds is 5. The third kappa shape index (κ3) is 5.45. The molecule has 1 atom stereocenters. The van der Waals surface area contributed by atoms with Crippen molar-refractivity contribution in [2.75, 3.05) is 0 Å². The van der Waals surface area contributed by atoms with Gasteiger partial charge in [-0.2, -0.15) is 0 Å². The largest absolute Gasteiger partial charge is 0.345 e. The smallest absolute Gasteiger partial charge is 0.267 e. The molecule has 1 N–H and O–H groups in total. The molecule has 80 valence electrons. The van der Waals surface area contributed by atoms with E-state index in [-0.39, 0.29) is 5.91 Å². The van der Waals surface area contributed by atoms with E-state index in [2.05, 4.69) is 17.0 Å². The van der Waals surface area contributed by atoms with Crippen LogP contribution in [0.4, 0.5) is 0 Å². The number of nitrogens with one attached hydrogen (secondary N) is 1. The van der Waals surface area contributed by atoms with Crippen LogP contribution in [0.5, 0.6) is 0 Å². The molecule has 2 amide bonds. The highest BCUT2D eigenvalue weighted by Crippen LogP contribution is 2.03. The molecule has 0 aliphatic carbocycles. The third-order valence-corrected chi connectivity index (χ3v) is 1.85. The summed E-state index contributed by atoms with van der Waals surface area (Å²) in [5.74, 6) is -0.0182. The van der Waals surface area contributed by atoms with Crippen LogP contribution in [0.2, 0.25) is 0 Å². The Labute approximate surface area is 84.8 Å². The van der Waals surface area contributed by atoms with E-state index in [1.54, 1.807) is 6.92 Å². The van der Waals surface area contributed by atoms with Crippen molar-refractivity contribution in [1.29, 1.82) is 0 Å². The van der Waals surface area contributed by atoms with E-state index in [0.29, 0.717) is 12.3 Å². The van der Waals surface area contributed by atoms with Gasteiger partial charge in [0.2, 0.25) is 5.91 Å². The minimum atomic E-state index is -0.563. The van der Waals surface area contributed by atoms with Crippen molar-refractivity contribution < 1.29 is 9.59 Å². The monoisotopic (exact) mass is 198 g/mol. The molecule has 4 heteroatoms. The lowest BCUT2D eigenvalue weighted by Gasteiger charge is -2.10. The highest BCUT2D eigenvalue weighted by Gasteiger charge is 2.13. The van der Waals surface area contributed by atoms with Crippen molar-refractivity contribution in [2.45, 2.75) is 39.7 Å². The molecular weight excluding hydrogens is 180 g/mol. The zero-order chi connectivity index (χ0) is 11.1. The number of carbonyl (C=O) groups is 2. The Kier molecular flexibility index (Phi) is 5.76. The van der Waals surface area contributed by atoms with Crippen molar-refractivity contribution in [3.63, 3.8) is 0 Å². The summed E-state index contributed by atoms with van der Waals surface area (Å²) in [4.78, 5) is 25.4. The van der Waals surface area contributed by atoms with Gasteiger partial charge in [-0.3, -0.25) is 9.59 Å². The normalized spacial score (nSPS) is 12.3. The Balaban J connectivity index is 3.82. The van der Waals surface area contributed by atoms with E-state index in [4.69, 9.17) is 0 Å². The van der Waals surface area contributed by atoms with Gasteiger partial charge in [0.1, 0.15) is 6.04 Å². The van der Waals surface area contributed by atoms with Gasteiger partial charge in [0.05, 0.1) is 0 Å². The number of carbonyl (C=O) groups excluding carboxylic acids is 2. The first-order chi connectivity index (χ1) is 6.47. The lowest BCUT2D eigenvalue weighted by Crippen LogP contribution is -2.37. The molecule has 14 heavy (non-hydrogen) atoms. The second-order valence-electron chi connectivity index (χ2n) is 3.72. The highest BCUT2D eigenvalue weighted by molar-refractivity contribution is 5.89. The van der Waals surface area contributed by atoms with Gasteiger partial charge in [-0.05, 0) is 26.0 Å². The summed E-state index contributed by atoms with van der Waals surface area (Å²) in [5.41, 5.74) is 0. The lowest BCUT2D eigenvalue weighted by atomic mass is 10.1. The van der Waals surface area contributed by atoms with Crippen molar-refractivity contribution in [3.05, 3.63) is 0 Å². The van der Waals surface area contributed by atoms with E-state index >= 15 is 0 Å². The molecule has 0 aliphatic heterocycles. The Morgan fingerprint density at radius 1 is 1.36 bits per heavy atom. The van der Waals surface area contributed by atoms with Crippen LogP contribution in [0, 0.1) is 5.92 Å². The van der Waals surface area contributed by atoms with E-state index in [0.717, 1.165) is 6.42 Å². The summed E-state index contributed by atoms with van der Waals surface area (Å²) in [5, 5.41) is 2.56. The summed E-state index contributed by atoms with van der Waals surface area (Å²) in [7, 11) is 0. The molecule has 0 rings (SSSR count). The summed E-state index contributed by atoms with van der Waals surface area (Å²) in [6.07, 6.45) is 1.28. The maximum atomic E-state index is 11.3. The van der Waals surface area contributed by atoms with E-state index in [1.165, 1.54) is 0 Å². The predicted octanol–water partition coefficient (Wildman–Crippen LogP) is 1.15. The average Bonchev–Trinajstić information content (AvgIpc) is 2.13. The van der Waals surface area contributed by atoms with Gasteiger partial charge in [0.25, 0.3) is 5.91 Å². The van der Waals surface area contributed by atoms with Crippen LogP contribution in [-0.4, -0.2) is 24.6 Å². The topological polar surface area (TPSA) is 58.5 Å². The zero-order valence-electron chi connectivity index (χ0n) is 9.04. The number of nitrogens with zero attached hydrogens (tertiary/aromatic N) is 1. The van der Waals surface area contributed by atoms with E-state index in [9.17, 15) is 9.59 Å². The Morgan fingerprint density at radius 3 is 2.36 bits per heavy atom. The first-order valence-corrected chi connectivity index (χ1v) is 4.77. The van der Waals surface area contributed by atoms with Crippen LogP contribution in [0.1, 0.15) is 33.6 Å². The molecule has 0 spiro atoms. The molecular formula is C10H18N2O2. The van der Waals surface area contributed by atoms with Gasteiger partial charge in [-0.15, -0.1) is 0 Å². The minimum absolute atomic E-state index is 0.108. The Hall–Kier alpha value is -1.19. The summed E-state index contributed by atoms with van der Waals surface area (Å²) >= 11 is 0. The van der Waals surface area contributed by atoms with Crippen LogP contribution < -0.4 is 5.32 Å². The van der Waals surface area contributed by atoms with Crippen molar-refractivity contribution in [1.82, 2.24) is 5.32 Å². The Morgan fingerprint density at radius 2 is 1.93 bits per heavy atom. The van der Waals surface area contributed by atoms with Gasteiger partial charge in [-0.1, -0.05) is 13.8 Å². The zero-order valence-corrected chi connectivity index (χ0v) is 9.04. The third-order valence-electron chi connectivity index (χ3n) is 1.85. The molecule has 0 saturated carbocycles. The fraction of sp³-hybridized carbons (Fsp3) is 0.700. The molecule has 0 aromatic carbocycles. The molecule has 0 saturated heterocycles. The van der Waals surface area contributed by atoms with Crippen molar-refractivity contribution in [2.24, 2.45) is 10.9 Å². The van der Waals surface area contributed by atoms with Gasteiger partial charge in [0.15, 0.2) is 0 Å². The summed E-state index contributed by atoms with van der Waals surface area (Å²) in [6.45, 7) is 8.81. The van der Waals surface area contributed by atoms with Crippen molar-refractivity contribution >= 4 is 18.5 Å². The molecule has 0 fully saturated rings. The standard InChI is InChI=1S/C10H18N2O2/c1-7(2)5-6-9(13)12-8(3)10(14)11-4/h7-8H,4-6H2,1-3H3,(H,12,13). The summed E-state index contributed by atoms with van der Waals surface area (Å²) in [6, 6.07) is -0.563. The lowest BCUT2D eigenvalue weighted by molar-refractivity contribution is -0.127. The van der Waals surface area contributed by atoms with Gasteiger partial charge < -0.3 is 5.32 Å². The second kappa shape index (κ2) is 6.29. The van der Waals surface area contributed by atoms with Crippen molar-refractivity contribution in [3.8, 4) is 0 Å². The van der Waals surface area contributed by atoms with E-state index < -0.39 is 11.9 Å². The van der Waals surface area contributed by atoms with Crippen LogP contribution >= 0.6 is 0 Å². The van der Waals surface area contributed by atoms with E-state index in [1.807, 2.05) is 13.8 Å². The maximum Gasteiger partial charge on any atom is 0.267 e. The number of hydrogen-bond donors (Lipinski definition) is 1. The molecule has 0 radical (unpaired) electrons. The fourth-order valence-corrected chi connectivity index (χ4v) is 0.932. The number of amides is 2. The number of hydrogen-bond acceptors (Lipinski definition) is 2. The highest BCUT2D eigenvalue weighted by atomic mass is 16.2. The summed E-state index contributed by atoms with van der Waals surface area (Å²) < 4.78 is 0. The fourth-order valence-electron chi connectivity index (χ4n) is 0.932. The van der Waals surface area contributed by atoms with Crippen LogP contribution in [0.25, 0.3) is 0 Å². The first-order valence-electron chi connectivity index (χ1n) is 4.77. The molecule has 0 bridgehead atoms. The molecule has 0 aromatic rings. The average molecular weight is 198 g/mol. The van der Waals surface area contributed by atoms with Gasteiger partial charge >= 0.3 is 0 Å². The first kappa shape index (κ1) is 12.8. The van der Waals surface area contributed by atoms with Crippen LogP contribution in [-0.2, 0) is 9.59 Å². The second-order valence-corrected chi connectivity index (χ2v) is 3.72. The molecule has 1 unspecified atom stereocenters. The minimum Gasteiger partial charge on any atom is -0.345 e. The Bertz CT molecular complexity index is 224. The van der Waals surface area contributed by atoms with Crippen LogP contribution in [0.15, 0.2) is 4.99 Å². The SMILES string of the molecule is C=NC(=O)C(C)NC(=O)CCC(C)C. The quantitative estimate of drug-likeness (QED) is 0.674. The van der Waals surface area contributed by atoms with Gasteiger partial charge in [0, 0.05) is 6.42 Å². The molecule has 0 aromatic heterocycles.